The minimum absolute atomic E-state index is 0.178. The molecule has 1 N–H and O–H groups in total. The van der Waals surface area contributed by atoms with Gasteiger partial charge < -0.3 is 5.32 Å². The molecule has 0 spiro atoms. The predicted molar refractivity (Wildman–Crippen MR) is 85.4 cm³/mol. The number of halogens is 2. The fourth-order valence-corrected chi connectivity index (χ4v) is 2.68. The van der Waals surface area contributed by atoms with E-state index in [9.17, 15) is 4.39 Å². The van der Waals surface area contributed by atoms with E-state index in [1.54, 1.807) is 12.1 Å². The molecule has 2 aromatic rings. The highest BCUT2D eigenvalue weighted by Gasteiger charge is 2.12. The standard InChI is InChI=1S/C17H19BrFN/c1-3-20-17(10-13-5-4-6-15(19)9-13)14-8-7-12(2)16(18)11-14/h4-9,11,17,20H,3,10H2,1-2H3. The molecule has 0 fully saturated rings. The molecule has 0 aliphatic heterocycles. The Morgan fingerprint density at radius 1 is 1.20 bits per heavy atom. The normalized spacial score (nSPS) is 12.4. The fourth-order valence-electron chi connectivity index (χ4n) is 2.28. The first-order valence-electron chi connectivity index (χ1n) is 6.84. The first-order chi connectivity index (χ1) is 9.60. The van der Waals surface area contributed by atoms with Crippen LogP contribution in [0.3, 0.4) is 0 Å². The Morgan fingerprint density at radius 3 is 2.65 bits per heavy atom. The molecular weight excluding hydrogens is 317 g/mol. The van der Waals surface area contributed by atoms with Gasteiger partial charge in [0.2, 0.25) is 0 Å². The SMILES string of the molecule is CCNC(Cc1cccc(F)c1)c1ccc(C)c(Br)c1. The Bertz CT molecular complexity index is 583. The van der Waals surface area contributed by atoms with E-state index in [1.165, 1.54) is 17.2 Å². The molecule has 2 aromatic carbocycles. The van der Waals surface area contributed by atoms with Crippen molar-refractivity contribution in [1.29, 1.82) is 0 Å². The minimum Gasteiger partial charge on any atom is -0.310 e. The number of nitrogens with one attached hydrogen (secondary N) is 1. The van der Waals surface area contributed by atoms with Crippen LogP contribution in [0.4, 0.5) is 4.39 Å². The van der Waals surface area contributed by atoms with Crippen molar-refractivity contribution in [2.75, 3.05) is 6.54 Å². The Labute approximate surface area is 128 Å². The maximum Gasteiger partial charge on any atom is 0.123 e. The van der Waals surface area contributed by atoms with Crippen molar-refractivity contribution >= 4 is 15.9 Å². The molecule has 20 heavy (non-hydrogen) atoms. The van der Waals surface area contributed by atoms with E-state index in [2.05, 4.69) is 53.3 Å². The van der Waals surface area contributed by atoms with Gasteiger partial charge in [-0.1, -0.05) is 47.1 Å². The fraction of sp³-hybridized carbons (Fsp3) is 0.294. The summed E-state index contributed by atoms with van der Waals surface area (Å²) in [5.41, 5.74) is 3.44. The van der Waals surface area contributed by atoms with Gasteiger partial charge >= 0.3 is 0 Å². The Hall–Kier alpha value is -1.19. The monoisotopic (exact) mass is 335 g/mol. The summed E-state index contributed by atoms with van der Waals surface area (Å²) in [6.07, 6.45) is 0.779. The van der Waals surface area contributed by atoms with Gasteiger partial charge in [0, 0.05) is 10.5 Å². The molecule has 1 nitrogen and oxygen atoms in total. The largest absolute Gasteiger partial charge is 0.310 e. The zero-order valence-corrected chi connectivity index (χ0v) is 13.4. The molecule has 0 saturated heterocycles. The third-order valence-corrected chi connectivity index (χ3v) is 4.23. The molecule has 0 aliphatic rings. The average molecular weight is 336 g/mol. The summed E-state index contributed by atoms with van der Waals surface area (Å²) in [7, 11) is 0. The lowest BCUT2D eigenvalue weighted by atomic mass is 9.98. The third-order valence-electron chi connectivity index (χ3n) is 3.38. The molecule has 0 aromatic heterocycles. The van der Waals surface area contributed by atoms with Crippen molar-refractivity contribution in [2.45, 2.75) is 26.3 Å². The summed E-state index contributed by atoms with van der Waals surface area (Å²) in [6, 6.07) is 13.4. The molecule has 0 radical (unpaired) electrons. The first-order valence-corrected chi connectivity index (χ1v) is 7.63. The molecule has 0 aliphatic carbocycles. The minimum atomic E-state index is -0.178. The predicted octanol–water partition coefficient (Wildman–Crippen LogP) is 4.79. The summed E-state index contributed by atoms with van der Waals surface area (Å²) in [6.45, 7) is 5.04. The van der Waals surface area contributed by atoms with Gasteiger partial charge in [-0.05, 0) is 54.8 Å². The lowest BCUT2D eigenvalue weighted by Gasteiger charge is -2.19. The first kappa shape index (κ1) is 15.2. The van der Waals surface area contributed by atoms with Crippen LogP contribution >= 0.6 is 15.9 Å². The van der Waals surface area contributed by atoms with E-state index < -0.39 is 0 Å². The topological polar surface area (TPSA) is 12.0 Å². The van der Waals surface area contributed by atoms with E-state index in [-0.39, 0.29) is 11.9 Å². The number of rotatable bonds is 5. The zero-order valence-electron chi connectivity index (χ0n) is 11.8. The van der Waals surface area contributed by atoms with Gasteiger partial charge in [-0.25, -0.2) is 4.39 Å². The Balaban J connectivity index is 2.24. The van der Waals surface area contributed by atoms with Crippen LogP contribution in [0.15, 0.2) is 46.9 Å². The van der Waals surface area contributed by atoms with Gasteiger partial charge in [0.1, 0.15) is 5.82 Å². The highest BCUT2D eigenvalue weighted by molar-refractivity contribution is 9.10. The van der Waals surface area contributed by atoms with E-state index >= 15 is 0 Å². The van der Waals surface area contributed by atoms with Crippen LogP contribution in [0.25, 0.3) is 0 Å². The van der Waals surface area contributed by atoms with E-state index in [1.807, 2.05) is 6.07 Å². The third kappa shape index (κ3) is 3.90. The molecule has 0 saturated carbocycles. The summed E-state index contributed by atoms with van der Waals surface area (Å²) in [4.78, 5) is 0. The molecule has 0 bridgehead atoms. The van der Waals surface area contributed by atoms with Gasteiger partial charge in [-0.2, -0.15) is 0 Å². The Morgan fingerprint density at radius 2 is 2.00 bits per heavy atom. The van der Waals surface area contributed by atoms with Crippen LogP contribution in [0.2, 0.25) is 0 Å². The number of hydrogen-bond acceptors (Lipinski definition) is 1. The number of hydrogen-bond donors (Lipinski definition) is 1. The van der Waals surface area contributed by atoms with Crippen LogP contribution in [0.5, 0.6) is 0 Å². The van der Waals surface area contributed by atoms with Gasteiger partial charge in [-0.3, -0.25) is 0 Å². The zero-order chi connectivity index (χ0) is 14.5. The quantitative estimate of drug-likeness (QED) is 0.828. The van der Waals surface area contributed by atoms with Crippen molar-refractivity contribution in [3.8, 4) is 0 Å². The molecule has 3 heteroatoms. The molecule has 1 atom stereocenters. The smallest absolute Gasteiger partial charge is 0.123 e. The number of benzene rings is 2. The lowest BCUT2D eigenvalue weighted by molar-refractivity contribution is 0.546. The van der Waals surface area contributed by atoms with Crippen molar-refractivity contribution in [3.05, 3.63) is 69.4 Å². The second-order valence-corrected chi connectivity index (χ2v) is 5.81. The number of aryl methyl sites for hydroxylation is 1. The maximum atomic E-state index is 13.3. The van der Waals surface area contributed by atoms with Crippen LogP contribution in [-0.4, -0.2) is 6.54 Å². The van der Waals surface area contributed by atoms with E-state index in [0.29, 0.717) is 0 Å². The van der Waals surface area contributed by atoms with Crippen LogP contribution in [0.1, 0.15) is 29.7 Å². The van der Waals surface area contributed by atoms with Gasteiger partial charge in [0.05, 0.1) is 0 Å². The summed E-state index contributed by atoms with van der Waals surface area (Å²) in [5, 5.41) is 3.47. The molecule has 106 valence electrons. The summed E-state index contributed by atoms with van der Waals surface area (Å²) < 4.78 is 14.4. The highest BCUT2D eigenvalue weighted by atomic mass is 79.9. The maximum absolute atomic E-state index is 13.3. The van der Waals surface area contributed by atoms with Crippen molar-refractivity contribution in [1.82, 2.24) is 5.32 Å². The van der Waals surface area contributed by atoms with Crippen LogP contribution < -0.4 is 5.32 Å². The second kappa shape index (κ2) is 7.00. The lowest BCUT2D eigenvalue weighted by Crippen LogP contribution is -2.23. The average Bonchev–Trinajstić information content (AvgIpc) is 2.41. The summed E-state index contributed by atoms with van der Waals surface area (Å²) >= 11 is 3.57. The molecule has 0 heterocycles. The van der Waals surface area contributed by atoms with Crippen LogP contribution in [-0.2, 0) is 6.42 Å². The van der Waals surface area contributed by atoms with Crippen molar-refractivity contribution < 1.29 is 4.39 Å². The molecule has 1 unspecified atom stereocenters. The van der Waals surface area contributed by atoms with Crippen LogP contribution in [0, 0.1) is 12.7 Å². The van der Waals surface area contributed by atoms with Gasteiger partial charge in [-0.15, -0.1) is 0 Å². The number of likely N-dealkylation sites (N-methyl/N-ethyl adjacent to an activating group) is 1. The Kier molecular flexibility index (Phi) is 5.32. The second-order valence-electron chi connectivity index (χ2n) is 4.95. The van der Waals surface area contributed by atoms with E-state index in [4.69, 9.17) is 0 Å². The molecular formula is C17H19BrFN. The summed E-state index contributed by atoms with van der Waals surface area (Å²) in [5.74, 6) is -0.178. The van der Waals surface area contributed by atoms with Crippen molar-refractivity contribution in [3.63, 3.8) is 0 Å². The van der Waals surface area contributed by atoms with Gasteiger partial charge in [0.15, 0.2) is 0 Å². The molecule has 0 amide bonds. The van der Waals surface area contributed by atoms with E-state index in [0.717, 1.165) is 23.0 Å². The highest BCUT2D eigenvalue weighted by Crippen LogP contribution is 2.24. The van der Waals surface area contributed by atoms with Gasteiger partial charge in [0.25, 0.3) is 0 Å². The van der Waals surface area contributed by atoms with Crippen molar-refractivity contribution in [2.24, 2.45) is 0 Å². The molecule has 2 rings (SSSR count).